The van der Waals surface area contributed by atoms with Crippen LogP contribution in [0, 0.1) is 5.82 Å². The van der Waals surface area contributed by atoms with Crippen molar-refractivity contribution >= 4 is 6.29 Å². The van der Waals surface area contributed by atoms with Gasteiger partial charge in [-0.15, -0.1) is 0 Å². The molecule has 0 radical (unpaired) electrons. The highest BCUT2D eigenvalue weighted by molar-refractivity contribution is 5.75. The van der Waals surface area contributed by atoms with Crippen LogP contribution in [0.3, 0.4) is 0 Å². The first-order chi connectivity index (χ1) is 7.60. The maximum absolute atomic E-state index is 12.9. The lowest BCUT2D eigenvalue weighted by molar-refractivity contribution is 0.0124. The van der Waals surface area contributed by atoms with Gasteiger partial charge in [-0.1, -0.05) is 0 Å². The summed E-state index contributed by atoms with van der Waals surface area (Å²) in [5.74, 6) is -0.765. The minimum atomic E-state index is -1.28. The first-order valence-corrected chi connectivity index (χ1v) is 4.77. The Bertz CT molecular complexity index is 373. The number of nitrogens with zero attached hydrogens (tertiary/aromatic N) is 1. The summed E-state index contributed by atoms with van der Waals surface area (Å²) in [5.41, 5.74) is 5.06. The van der Waals surface area contributed by atoms with Crippen molar-refractivity contribution in [3.8, 4) is 0 Å². The zero-order chi connectivity index (χ0) is 12.1. The van der Waals surface area contributed by atoms with Crippen molar-refractivity contribution in [1.29, 1.82) is 0 Å². The predicted molar refractivity (Wildman–Crippen MR) is 54.2 cm³/mol. The van der Waals surface area contributed by atoms with Crippen LogP contribution in [-0.4, -0.2) is 34.1 Å². The van der Waals surface area contributed by atoms with Crippen LogP contribution >= 0.6 is 0 Å². The van der Waals surface area contributed by atoms with Crippen LogP contribution in [0.1, 0.15) is 28.6 Å². The second-order valence-corrected chi connectivity index (χ2v) is 3.34. The number of aldehydes is 1. The number of carbonyl (C=O) groups is 1. The molecule has 0 aromatic carbocycles. The van der Waals surface area contributed by atoms with E-state index in [-0.39, 0.29) is 24.2 Å². The third-order valence-corrected chi connectivity index (χ3v) is 2.16. The highest BCUT2D eigenvalue weighted by Gasteiger charge is 2.20. The van der Waals surface area contributed by atoms with Crippen LogP contribution in [0.15, 0.2) is 12.3 Å². The van der Waals surface area contributed by atoms with E-state index in [9.17, 15) is 19.4 Å². The van der Waals surface area contributed by atoms with Gasteiger partial charge < -0.3 is 15.9 Å². The number of nitrogens with two attached hydrogens (primary N) is 1. The average Bonchev–Trinajstić information content (AvgIpc) is 2.29. The first kappa shape index (κ1) is 12.7. The smallest absolute Gasteiger partial charge is 0.153 e. The Hall–Kier alpha value is -1.37. The molecular formula is C10H13FN2O3. The molecule has 0 aliphatic rings. The minimum absolute atomic E-state index is 0.0458. The Labute approximate surface area is 91.7 Å². The number of aliphatic hydroxyl groups is 2. The first-order valence-electron chi connectivity index (χ1n) is 4.77. The molecule has 0 saturated heterocycles. The van der Waals surface area contributed by atoms with Crippen molar-refractivity contribution in [3.63, 3.8) is 0 Å². The average molecular weight is 228 g/mol. The van der Waals surface area contributed by atoms with Gasteiger partial charge >= 0.3 is 0 Å². The van der Waals surface area contributed by atoms with Gasteiger partial charge in [0.05, 0.1) is 23.6 Å². The fraction of sp³-hybridized carbons (Fsp3) is 0.400. The topological polar surface area (TPSA) is 96.4 Å². The summed E-state index contributed by atoms with van der Waals surface area (Å²) in [5, 5.41) is 19.1. The van der Waals surface area contributed by atoms with Gasteiger partial charge in [-0.2, -0.15) is 0 Å². The molecular weight excluding hydrogens is 215 g/mol. The summed E-state index contributed by atoms with van der Waals surface area (Å²) in [7, 11) is 0. The van der Waals surface area contributed by atoms with Crippen LogP contribution in [-0.2, 0) is 0 Å². The number of aromatic nitrogens is 1. The van der Waals surface area contributed by atoms with Gasteiger partial charge in [-0.05, 0) is 19.0 Å². The second-order valence-electron chi connectivity index (χ2n) is 3.34. The van der Waals surface area contributed by atoms with Crippen molar-refractivity contribution in [2.45, 2.75) is 18.6 Å². The zero-order valence-electron chi connectivity index (χ0n) is 8.51. The van der Waals surface area contributed by atoms with Crippen molar-refractivity contribution in [1.82, 2.24) is 4.98 Å². The fourth-order valence-corrected chi connectivity index (χ4v) is 1.25. The van der Waals surface area contributed by atoms with Gasteiger partial charge in [0, 0.05) is 0 Å². The maximum atomic E-state index is 12.9. The van der Waals surface area contributed by atoms with E-state index >= 15 is 0 Å². The zero-order valence-corrected chi connectivity index (χ0v) is 8.51. The Morgan fingerprint density at radius 3 is 2.81 bits per heavy atom. The highest BCUT2D eigenvalue weighted by Crippen LogP contribution is 2.18. The lowest BCUT2D eigenvalue weighted by Gasteiger charge is -2.16. The molecule has 1 heterocycles. The Kier molecular flexibility index (Phi) is 4.48. The van der Waals surface area contributed by atoms with Crippen LogP contribution in [0.4, 0.5) is 4.39 Å². The van der Waals surface area contributed by atoms with Gasteiger partial charge in [0.25, 0.3) is 0 Å². The van der Waals surface area contributed by atoms with E-state index in [1.54, 1.807) is 0 Å². The quantitative estimate of drug-likeness (QED) is 0.605. The highest BCUT2D eigenvalue weighted by atomic mass is 19.1. The Morgan fingerprint density at radius 2 is 2.25 bits per heavy atom. The summed E-state index contributed by atoms with van der Waals surface area (Å²) < 4.78 is 12.9. The number of hydrogen-bond donors (Lipinski definition) is 3. The molecule has 0 aliphatic heterocycles. The van der Waals surface area contributed by atoms with Crippen molar-refractivity contribution < 1.29 is 19.4 Å². The SMILES string of the molecule is NCCC(O)C(O)c1cc(C=O)c(F)cn1. The second kappa shape index (κ2) is 5.64. The molecule has 2 atom stereocenters. The standard InChI is InChI=1S/C10H13FN2O3/c11-7-4-13-8(3-6(7)5-14)10(16)9(15)1-2-12/h3-5,9-10,15-16H,1-2,12H2. The maximum Gasteiger partial charge on any atom is 0.153 e. The van der Waals surface area contributed by atoms with E-state index in [1.165, 1.54) is 0 Å². The van der Waals surface area contributed by atoms with E-state index < -0.39 is 18.0 Å². The summed E-state index contributed by atoms with van der Waals surface area (Å²) in [4.78, 5) is 14.1. The molecule has 0 spiro atoms. The van der Waals surface area contributed by atoms with E-state index in [2.05, 4.69) is 4.98 Å². The van der Waals surface area contributed by atoms with Crippen LogP contribution in [0.2, 0.25) is 0 Å². The molecule has 0 fully saturated rings. The minimum Gasteiger partial charge on any atom is -0.390 e. The number of rotatable bonds is 5. The third kappa shape index (κ3) is 2.82. The number of carbonyl (C=O) groups excluding carboxylic acids is 1. The van der Waals surface area contributed by atoms with Gasteiger partial charge in [0.2, 0.25) is 0 Å². The van der Waals surface area contributed by atoms with Crippen molar-refractivity contribution in [2.75, 3.05) is 6.54 Å². The normalized spacial score (nSPS) is 14.5. The van der Waals surface area contributed by atoms with Gasteiger partial charge in [0.1, 0.15) is 6.10 Å². The molecule has 16 heavy (non-hydrogen) atoms. The van der Waals surface area contributed by atoms with Crippen LogP contribution in [0.5, 0.6) is 0 Å². The largest absolute Gasteiger partial charge is 0.390 e. The lowest BCUT2D eigenvalue weighted by Crippen LogP contribution is -2.22. The number of pyridine rings is 1. The number of hydrogen-bond acceptors (Lipinski definition) is 5. The van der Waals surface area contributed by atoms with Gasteiger partial charge in [-0.3, -0.25) is 9.78 Å². The molecule has 5 nitrogen and oxygen atoms in total. The summed E-state index contributed by atoms with van der Waals surface area (Å²) in [6.45, 7) is 0.208. The van der Waals surface area contributed by atoms with Crippen molar-refractivity contribution in [2.24, 2.45) is 5.73 Å². The predicted octanol–water partition coefficient (Wildman–Crippen LogP) is -0.224. The summed E-state index contributed by atoms with van der Waals surface area (Å²) in [6, 6.07) is 1.10. The Morgan fingerprint density at radius 1 is 1.56 bits per heavy atom. The summed E-state index contributed by atoms with van der Waals surface area (Å²) >= 11 is 0. The molecule has 0 amide bonds. The van der Waals surface area contributed by atoms with Crippen molar-refractivity contribution in [3.05, 3.63) is 29.3 Å². The van der Waals surface area contributed by atoms with E-state index in [4.69, 9.17) is 5.73 Å². The molecule has 4 N–H and O–H groups in total. The van der Waals surface area contributed by atoms with E-state index in [0.717, 1.165) is 12.3 Å². The lowest BCUT2D eigenvalue weighted by atomic mass is 10.1. The molecule has 0 bridgehead atoms. The van der Waals surface area contributed by atoms with Crippen LogP contribution in [0.25, 0.3) is 0 Å². The van der Waals surface area contributed by atoms with Crippen LogP contribution < -0.4 is 5.73 Å². The monoisotopic (exact) mass is 228 g/mol. The van der Waals surface area contributed by atoms with E-state index in [0.29, 0.717) is 6.29 Å². The fourth-order valence-electron chi connectivity index (χ4n) is 1.25. The molecule has 0 saturated carbocycles. The molecule has 0 aliphatic carbocycles. The molecule has 2 unspecified atom stereocenters. The molecule has 88 valence electrons. The van der Waals surface area contributed by atoms with Gasteiger partial charge in [0.15, 0.2) is 12.1 Å². The number of aliphatic hydroxyl groups excluding tert-OH is 2. The summed E-state index contributed by atoms with van der Waals surface area (Å²) in [6.07, 6.45) is -1.01. The van der Waals surface area contributed by atoms with E-state index in [1.807, 2.05) is 0 Å². The molecule has 1 aromatic rings. The molecule has 6 heteroatoms. The van der Waals surface area contributed by atoms with Gasteiger partial charge in [-0.25, -0.2) is 4.39 Å². The third-order valence-electron chi connectivity index (χ3n) is 2.16. The number of halogens is 1. The molecule has 1 aromatic heterocycles. The Balaban J connectivity index is 2.91. The molecule has 1 rings (SSSR count).